The van der Waals surface area contributed by atoms with Gasteiger partial charge in [0, 0.05) is 34.6 Å². The predicted molar refractivity (Wildman–Crippen MR) is 94.9 cm³/mol. The molecular weight excluding hydrogens is 300 g/mol. The third kappa shape index (κ3) is 2.78. The summed E-state index contributed by atoms with van der Waals surface area (Å²) in [6, 6.07) is 16.0. The van der Waals surface area contributed by atoms with Crippen molar-refractivity contribution in [1.29, 1.82) is 0 Å². The van der Waals surface area contributed by atoms with E-state index in [0.717, 1.165) is 28.5 Å². The predicted octanol–water partition coefficient (Wildman–Crippen LogP) is 3.82. The highest BCUT2D eigenvalue weighted by atomic mass is 16.3. The first-order valence-corrected chi connectivity index (χ1v) is 8.08. The molecule has 4 nitrogen and oxygen atoms in total. The molecule has 0 spiro atoms. The van der Waals surface area contributed by atoms with Gasteiger partial charge in [-0.05, 0) is 24.1 Å². The fraction of sp³-hybridized carbons (Fsp3) is 0.150. The highest BCUT2D eigenvalue weighted by Gasteiger charge is 2.10. The maximum absolute atomic E-state index is 12.2. The number of carbonyl (C=O) groups is 1. The molecule has 0 atom stereocenters. The Morgan fingerprint density at radius 3 is 2.71 bits per heavy atom. The van der Waals surface area contributed by atoms with Gasteiger partial charge in [0.25, 0.3) is 0 Å². The Balaban J connectivity index is 1.37. The Kier molecular flexibility index (Phi) is 3.79. The molecule has 2 heterocycles. The number of aromatic nitrogens is 1. The van der Waals surface area contributed by atoms with Crippen molar-refractivity contribution in [3.63, 3.8) is 0 Å². The summed E-state index contributed by atoms with van der Waals surface area (Å²) in [6.45, 7) is 0.621. The molecule has 2 aromatic carbocycles. The minimum absolute atomic E-state index is 0.0152. The van der Waals surface area contributed by atoms with Gasteiger partial charge in [0.15, 0.2) is 0 Å². The molecule has 1 amide bonds. The van der Waals surface area contributed by atoms with Crippen LogP contribution in [0.1, 0.15) is 11.1 Å². The number of fused-ring (bicyclic) bond motifs is 2. The second kappa shape index (κ2) is 6.24. The van der Waals surface area contributed by atoms with Crippen LogP contribution < -0.4 is 5.32 Å². The lowest BCUT2D eigenvalue weighted by Gasteiger charge is -2.04. The Morgan fingerprint density at radius 1 is 1.00 bits per heavy atom. The van der Waals surface area contributed by atoms with E-state index in [1.165, 1.54) is 10.9 Å². The number of aromatic amines is 1. The number of furan rings is 1. The van der Waals surface area contributed by atoms with Gasteiger partial charge in [-0.15, -0.1) is 0 Å². The fourth-order valence-corrected chi connectivity index (χ4v) is 3.08. The molecule has 0 saturated carbocycles. The van der Waals surface area contributed by atoms with Crippen molar-refractivity contribution in [2.45, 2.75) is 12.8 Å². The number of nitrogens with one attached hydrogen (secondary N) is 2. The smallest absolute Gasteiger partial charge is 0.224 e. The second-order valence-electron chi connectivity index (χ2n) is 5.89. The van der Waals surface area contributed by atoms with E-state index < -0.39 is 0 Å². The molecule has 2 N–H and O–H groups in total. The van der Waals surface area contributed by atoms with Crippen molar-refractivity contribution in [2.24, 2.45) is 0 Å². The van der Waals surface area contributed by atoms with E-state index in [0.29, 0.717) is 13.0 Å². The van der Waals surface area contributed by atoms with E-state index in [2.05, 4.69) is 22.4 Å². The monoisotopic (exact) mass is 318 g/mol. The molecule has 4 heteroatoms. The Morgan fingerprint density at radius 2 is 1.79 bits per heavy atom. The molecule has 0 saturated heterocycles. The number of benzene rings is 2. The molecule has 0 aliphatic rings. The highest BCUT2D eigenvalue weighted by Crippen LogP contribution is 2.21. The Labute approximate surface area is 139 Å². The van der Waals surface area contributed by atoms with E-state index in [4.69, 9.17) is 4.42 Å². The van der Waals surface area contributed by atoms with E-state index in [-0.39, 0.29) is 5.91 Å². The summed E-state index contributed by atoms with van der Waals surface area (Å²) in [5.41, 5.74) is 4.10. The van der Waals surface area contributed by atoms with Gasteiger partial charge in [-0.3, -0.25) is 4.79 Å². The molecule has 0 aliphatic carbocycles. The van der Waals surface area contributed by atoms with Gasteiger partial charge >= 0.3 is 0 Å². The van der Waals surface area contributed by atoms with Crippen molar-refractivity contribution in [3.05, 3.63) is 72.1 Å². The van der Waals surface area contributed by atoms with Crippen molar-refractivity contribution in [1.82, 2.24) is 10.3 Å². The summed E-state index contributed by atoms with van der Waals surface area (Å²) < 4.78 is 5.48. The normalized spacial score (nSPS) is 11.2. The van der Waals surface area contributed by atoms with Crippen LogP contribution in [0, 0.1) is 0 Å². The van der Waals surface area contributed by atoms with Gasteiger partial charge in [0.05, 0.1) is 12.7 Å². The zero-order chi connectivity index (χ0) is 16.4. The van der Waals surface area contributed by atoms with E-state index in [9.17, 15) is 4.79 Å². The summed E-state index contributed by atoms with van der Waals surface area (Å²) >= 11 is 0. The van der Waals surface area contributed by atoms with Gasteiger partial charge < -0.3 is 14.7 Å². The number of hydrogen-bond donors (Lipinski definition) is 2. The third-order valence-corrected chi connectivity index (χ3v) is 4.30. The molecule has 0 unspecified atom stereocenters. The largest absolute Gasteiger partial charge is 0.464 e. The summed E-state index contributed by atoms with van der Waals surface area (Å²) in [4.78, 5) is 15.4. The number of hydrogen-bond acceptors (Lipinski definition) is 2. The number of amides is 1. The first-order chi connectivity index (χ1) is 11.8. The number of rotatable bonds is 5. The van der Waals surface area contributed by atoms with Crippen molar-refractivity contribution in [2.75, 3.05) is 6.54 Å². The van der Waals surface area contributed by atoms with Crippen LogP contribution in [0.3, 0.4) is 0 Å². The standard InChI is InChI=1S/C20H18N2O2/c23-20(11-15-13-24-19-8-4-2-6-17(15)19)21-10-9-14-12-22-18-7-3-1-5-16(14)18/h1-8,12-13,22H,9-11H2,(H,21,23). The molecule has 4 aromatic rings. The molecule has 120 valence electrons. The molecule has 0 fully saturated rings. The highest BCUT2D eigenvalue weighted by molar-refractivity contribution is 5.87. The van der Waals surface area contributed by atoms with Crippen LogP contribution in [0.5, 0.6) is 0 Å². The van der Waals surface area contributed by atoms with Gasteiger partial charge in [-0.25, -0.2) is 0 Å². The lowest BCUT2D eigenvalue weighted by Crippen LogP contribution is -2.27. The first kappa shape index (κ1) is 14.6. The maximum Gasteiger partial charge on any atom is 0.224 e. The lowest BCUT2D eigenvalue weighted by molar-refractivity contribution is -0.120. The van der Waals surface area contributed by atoms with Crippen molar-refractivity contribution < 1.29 is 9.21 Å². The molecular formula is C20H18N2O2. The summed E-state index contributed by atoms with van der Waals surface area (Å²) in [7, 11) is 0. The lowest BCUT2D eigenvalue weighted by atomic mass is 10.1. The minimum Gasteiger partial charge on any atom is -0.464 e. The van der Waals surface area contributed by atoms with Gasteiger partial charge in [0.2, 0.25) is 5.91 Å². The summed E-state index contributed by atoms with van der Waals surface area (Å²) in [5, 5.41) is 5.21. The van der Waals surface area contributed by atoms with Crippen LogP contribution in [-0.4, -0.2) is 17.4 Å². The van der Waals surface area contributed by atoms with Crippen LogP contribution in [0.15, 0.2) is 65.4 Å². The quantitative estimate of drug-likeness (QED) is 0.588. The van der Waals surface area contributed by atoms with Gasteiger partial charge in [0.1, 0.15) is 5.58 Å². The van der Waals surface area contributed by atoms with Crippen LogP contribution in [0.4, 0.5) is 0 Å². The topological polar surface area (TPSA) is 58.0 Å². The van der Waals surface area contributed by atoms with E-state index in [1.807, 2.05) is 42.6 Å². The third-order valence-electron chi connectivity index (χ3n) is 4.30. The van der Waals surface area contributed by atoms with E-state index in [1.54, 1.807) is 6.26 Å². The van der Waals surface area contributed by atoms with Gasteiger partial charge in [-0.2, -0.15) is 0 Å². The van der Waals surface area contributed by atoms with Crippen molar-refractivity contribution in [3.8, 4) is 0 Å². The molecule has 4 rings (SSSR count). The minimum atomic E-state index is 0.0152. The average molecular weight is 318 g/mol. The molecule has 0 radical (unpaired) electrons. The van der Waals surface area contributed by atoms with E-state index >= 15 is 0 Å². The average Bonchev–Trinajstić information content (AvgIpc) is 3.20. The van der Waals surface area contributed by atoms with Crippen LogP contribution >= 0.6 is 0 Å². The van der Waals surface area contributed by atoms with Crippen LogP contribution in [0.25, 0.3) is 21.9 Å². The first-order valence-electron chi connectivity index (χ1n) is 8.08. The molecule has 0 aliphatic heterocycles. The SMILES string of the molecule is O=C(Cc1coc2ccccc12)NCCc1c[nH]c2ccccc12. The zero-order valence-corrected chi connectivity index (χ0v) is 13.2. The number of carbonyl (C=O) groups excluding carboxylic acids is 1. The Hall–Kier alpha value is -3.01. The van der Waals surface area contributed by atoms with Crippen LogP contribution in [-0.2, 0) is 17.6 Å². The summed E-state index contributed by atoms with van der Waals surface area (Å²) in [6.07, 6.45) is 4.83. The van der Waals surface area contributed by atoms with Crippen LogP contribution in [0.2, 0.25) is 0 Å². The molecule has 0 bridgehead atoms. The molecule has 2 aromatic heterocycles. The fourth-order valence-electron chi connectivity index (χ4n) is 3.08. The number of H-pyrrole nitrogens is 1. The van der Waals surface area contributed by atoms with Crippen molar-refractivity contribution >= 4 is 27.8 Å². The zero-order valence-electron chi connectivity index (χ0n) is 13.2. The van der Waals surface area contributed by atoms with Gasteiger partial charge in [-0.1, -0.05) is 36.4 Å². The number of para-hydroxylation sites is 2. The molecule has 24 heavy (non-hydrogen) atoms. The maximum atomic E-state index is 12.2. The Bertz CT molecular complexity index is 997. The second-order valence-corrected chi connectivity index (χ2v) is 5.89. The summed E-state index contributed by atoms with van der Waals surface area (Å²) in [5.74, 6) is 0.0152.